The van der Waals surface area contributed by atoms with E-state index in [2.05, 4.69) is 21.2 Å². The summed E-state index contributed by atoms with van der Waals surface area (Å²) in [4.78, 5) is 26.6. The molecule has 1 aliphatic heterocycles. The molecule has 1 N–H and O–H groups in total. The Bertz CT molecular complexity index is 776. The average molecular weight is 403 g/mol. The summed E-state index contributed by atoms with van der Waals surface area (Å²) in [5.74, 6) is 0.0407. The normalized spacial score (nSPS) is 16.8. The Labute approximate surface area is 155 Å². The SMILES string of the molecule is CCOc1ccccc1NC(=O)[C@H]1CC(=O)N(c2ccc(Br)cc2)C1. The summed E-state index contributed by atoms with van der Waals surface area (Å²) >= 11 is 3.38. The van der Waals surface area contributed by atoms with Crippen molar-refractivity contribution in [2.45, 2.75) is 13.3 Å². The van der Waals surface area contributed by atoms with Crippen molar-refractivity contribution in [2.24, 2.45) is 5.92 Å². The summed E-state index contributed by atoms with van der Waals surface area (Å²) in [5.41, 5.74) is 1.43. The zero-order valence-electron chi connectivity index (χ0n) is 13.9. The molecule has 25 heavy (non-hydrogen) atoms. The van der Waals surface area contributed by atoms with Crippen molar-refractivity contribution >= 4 is 39.1 Å². The van der Waals surface area contributed by atoms with Gasteiger partial charge in [-0.2, -0.15) is 0 Å². The van der Waals surface area contributed by atoms with E-state index in [4.69, 9.17) is 4.74 Å². The molecule has 0 bridgehead atoms. The smallest absolute Gasteiger partial charge is 0.229 e. The lowest BCUT2D eigenvalue weighted by molar-refractivity contribution is -0.122. The Balaban J connectivity index is 1.70. The molecule has 3 rings (SSSR count). The van der Waals surface area contributed by atoms with Crippen LogP contribution in [0.5, 0.6) is 5.75 Å². The standard InChI is InChI=1S/C19H19BrN2O3/c1-2-25-17-6-4-3-5-16(17)21-19(24)13-11-18(23)22(12-13)15-9-7-14(20)8-10-15/h3-10,13H,2,11-12H2,1H3,(H,21,24)/t13-/m0/s1. The van der Waals surface area contributed by atoms with Crippen molar-refractivity contribution in [3.63, 3.8) is 0 Å². The highest BCUT2D eigenvalue weighted by Crippen LogP contribution is 2.29. The van der Waals surface area contributed by atoms with Gasteiger partial charge in [-0.05, 0) is 43.3 Å². The summed E-state index contributed by atoms with van der Waals surface area (Å²) < 4.78 is 6.48. The van der Waals surface area contributed by atoms with Gasteiger partial charge in [0.15, 0.2) is 0 Å². The first kappa shape index (κ1) is 17.5. The minimum atomic E-state index is -0.383. The van der Waals surface area contributed by atoms with Gasteiger partial charge in [-0.3, -0.25) is 9.59 Å². The zero-order chi connectivity index (χ0) is 17.8. The van der Waals surface area contributed by atoms with Gasteiger partial charge in [0.05, 0.1) is 18.2 Å². The third kappa shape index (κ3) is 4.02. The van der Waals surface area contributed by atoms with Crippen LogP contribution in [0.1, 0.15) is 13.3 Å². The van der Waals surface area contributed by atoms with E-state index >= 15 is 0 Å². The summed E-state index contributed by atoms with van der Waals surface area (Å²) in [6.45, 7) is 2.79. The predicted molar refractivity (Wildman–Crippen MR) is 101 cm³/mol. The van der Waals surface area contributed by atoms with Crippen LogP contribution < -0.4 is 15.0 Å². The highest BCUT2D eigenvalue weighted by atomic mass is 79.9. The number of nitrogens with zero attached hydrogens (tertiary/aromatic N) is 1. The van der Waals surface area contributed by atoms with Gasteiger partial charge < -0.3 is 15.0 Å². The monoisotopic (exact) mass is 402 g/mol. The Hall–Kier alpha value is -2.34. The highest BCUT2D eigenvalue weighted by molar-refractivity contribution is 9.10. The Morgan fingerprint density at radius 3 is 2.68 bits per heavy atom. The van der Waals surface area contributed by atoms with E-state index in [0.29, 0.717) is 24.6 Å². The van der Waals surface area contributed by atoms with Gasteiger partial charge in [0.1, 0.15) is 5.75 Å². The molecule has 1 aliphatic rings. The number of ether oxygens (including phenoxy) is 1. The number of nitrogens with one attached hydrogen (secondary N) is 1. The van der Waals surface area contributed by atoms with Gasteiger partial charge in [0, 0.05) is 23.1 Å². The number of benzene rings is 2. The van der Waals surface area contributed by atoms with Crippen LogP contribution in [0.25, 0.3) is 0 Å². The number of carbonyl (C=O) groups is 2. The number of hydrogen-bond donors (Lipinski definition) is 1. The van der Waals surface area contributed by atoms with Crippen molar-refractivity contribution in [2.75, 3.05) is 23.4 Å². The van der Waals surface area contributed by atoms with Crippen molar-refractivity contribution in [3.05, 3.63) is 53.0 Å². The molecule has 0 radical (unpaired) electrons. The minimum Gasteiger partial charge on any atom is -0.492 e. The van der Waals surface area contributed by atoms with Crippen molar-refractivity contribution in [3.8, 4) is 5.75 Å². The van der Waals surface area contributed by atoms with E-state index in [9.17, 15) is 9.59 Å². The van der Waals surface area contributed by atoms with Crippen molar-refractivity contribution in [1.29, 1.82) is 0 Å². The lowest BCUT2D eigenvalue weighted by Crippen LogP contribution is -2.28. The molecule has 2 amide bonds. The number of halogens is 1. The molecule has 1 heterocycles. The van der Waals surface area contributed by atoms with Crippen LogP contribution in [0.4, 0.5) is 11.4 Å². The quantitative estimate of drug-likeness (QED) is 0.826. The summed E-state index contributed by atoms with van der Waals surface area (Å²) in [6.07, 6.45) is 0.207. The first-order chi connectivity index (χ1) is 12.1. The maximum atomic E-state index is 12.6. The molecule has 0 aromatic heterocycles. The van der Waals surface area contributed by atoms with Crippen LogP contribution in [-0.2, 0) is 9.59 Å². The topological polar surface area (TPSA) is 58.6 Å². The third-order valence-electron chi connectivity index (χ3n) is 4.08. The number of hydrogen-bond acceptors (Lipinski definition) is 3. The van der Waals surface area contributed by atoms with E-state index in [1.165, 1.54) is 0 Å². The third-order valence-corrected chi connectivity index (χ3v) is 4.61. The molecule has 5 nitrogen and oxygen atoms in total. The highest BCUT2D eigenvalue weighted by Gasteiger charge is 2.35. The fraction of sp³-hybridized carbons (Fsp3) is 0.263. The van der Waals surface area contributed by atoms with E-state index in [1.807, 2.05) is 49.4 Å². The number of rotatable bonds is 5. The number of para-hydroxylation sites is 2. The number of amides is 2. The van der Waals surface area contributed by atoms with Crippen LogP contribution in [0.15, 0.2) is 53.0 Å². The Morgan fingerprint density at radius 1 is 1.24 bits per heavy atom. The largest absolute Gasteiger partial charge is 0.492 e. The van der Waals surface area contributed by atoms with Crippen LogP contribution in [0.3, 0.4) is 0 Å². The van der Waals surface area contributed by atoms with Crippen LogP contribution >= 0.6 is 15.9 Å². The molecular formula is C19H19BrN2O3. The molecule has 0 saturated carbocycles. The molecule has 0 spiro atoms. The maximum absolute atomic E-state index is 12.6. The van der Waals surface area contributed by atoms with Gasteiger partial charge in [-0.15, -0.1) is 0 Å². The van der Waals surface area contributed by atoms with Crippen molar-refractivity contribution in [1.82, 2.24) is 0 Å². The molecule has 6 heteroatoms. The number of carbonyl (C=O) groups excluding carboxylic acids is 2. The first-order valence-corrected chi connectivity index (χ1v) is 8.96. The molecule has 2 aromatic rings. The summed E-state index contributed by atoms with van der Waals surface area (Å²) in [6, 6.07) is 14.8. The second-order valence-electron chi connectivity index (χ2n) is 5.80. The zero-order valence-corrected chi connectivity index (χ0v) is 15.5. The molecule has 2 aromatic carbocycles. The molecule has 130 valence electrons. The summed E-state index contributed by atoms with van der Waals surface area (Å²) in [5, 5.41) is 2.89. The van der Waals surface area contributed by atoms with Crippen LogP contribution in [-0.4, -0.2) is 25.0 Å². The van der Waals surface area contributed by atoms with Crippen LogP contribution in [0, 0.1) is 5.92 Å². The van der Waals surface area contributed by atoms with E-state index in [1.54, 1.807) is 11.0 Å². The van der Waals surface area contributed by atoms with Crippen LogP contribution in [0.2, 0.25) is 0 Å². The second-order valence-corrected chi connectivity index (χ2v) is 6.72. The Morgan fingerprint density at radius 2 is 1.96 bits per heavy atom. The second kappa shape index (κ2) is 7.70. The minimum absolute atomic E-state index is 0.0411. The van der Waals surface area contributed by atoms with Crippen molar-refractivity contribution < 1.29 is 14.3 Å². The molecule has 0 unspecified atom stereocenters. The fourth-order valence-electron chi connectivity index (χ4n) is 2.84. The molecule has 1 saturated heterocycles. The molecule has 1 atom stereocenters. The van der Waals surface area contributed by atoms with Gasteiger partial charge in [-0.1, -0.05) is 28.1 Å². The first-order valence-electron chi connectivity index (χ1n) is 8.17. The fourth-order valence-corrected chi connectivity index (χ4v) is 3.10. The molecular weight excluding hydrogens is 384 g/mol. The molecule has 1 fully saturated rings. The average Bonchev–Trinajstić information content (AvgIpc) is 2.99. The number of anilines is 2. The van der Waals surface area contributed by atoms with E-state index < -0.39 is 0 Å². The predicted octanol–water partition coefficient (Wildman–Crippen LogP) is 3.84. The van der Waals surface area contributed by atoms with Gasteiger partial charge >= 0.3 is 0 Å². The maximum Gasteiger partial charge on any atom is 0.229 e. The van der Waals surface area contributed by atoms with E-state index in [0.717, 1.165) is 10.2 Å². The summed E-state index contributed by atoms with van der Waals surface area (Å²) in [7, 11) is 0. The molecule has 0 aliphatic carbocycles. The Kier molecular flexibility index (Phi) is 5.38. The van der Waals surface area contributed by atoms with Gasteiger partial charge in [-0.25, -0.2) is 0 Å². The lowest BCUT2D eigenvalue weighted by atomic mass is 10.1. The lowest BCUT2D eigenvalue weighted by Gasteiger charge is -2.17. The van der Waals surface area contributed by atoms with Gasteiger partial charge in [0.25, 0.3) is 0 Å². The van der Waals surface area contributed by atoms with E-state index in [-0.39, 0.29) is 24.2 Å². The van der Waals surface area contributed by atoms with Gasteiger partial charge in [0.2, 0.25) is 11.8 Å².